The Balaban J connectivity index is 1.91. The van der Waals surface area contributed by atoms with Crippen LogP contribution in [0.4, 0.5) is 0 Å². The molecule has 1 fully saturated rings. The summed E-state index contributed by atoms with van der Waals surface area (Å²) in [7, 11) is 0. The summed E-state index contributed by atoms with van der Waals surface area (Å²) >= 11 is 0. The average molecular weight is 278 g/mol. The van der Waals surface area contributed by atoms with Gasteiger partial charge in [0.25, 0.3) is 0 Å². The van der Waals surface area contributed by atoms with Gasteiger partial charge in [-0.2, -0.15) is 0 Å². The Labute approximate surface area is 123 Å². The minimum Gasteiger partial charge on any atom is -0.333 e. The second-order valence-electron chi connectivity index (χ2n) is 5.96. The van der Waals surface area contributed by atoms with E-state index in [-0.39, 0.29) is 0 Å². The fourth-order valence-electron chi connectivity index (χ4n) is 3.09. The number of nitrogens with zero attached hydrogens (tertiary/aromatic N) is 3. The van der Waals surface area contributed by atoms with E-state index >= 15 is 0 Å². The van der Waals surface area contributed by atoms with E-state index in [1.165, 1.54) is 57.4 Å². The Hall–Kier alpha value is -0.870. The van der Waals surface area contributed by atoms with Crippen LogP contribution in [0.2, 0.25) is 0 Å². The van der Waals surface area contributed by atoms with Crippen molar-refractivity contribution >= 4 is 0 Å². The standard InChI is InChI=1S/C16H30N4/c1-3-9-19(12-15-7-5-6-8-18-15)13-16-11-17-14-20(16)10-4-2/h11,14-15,18H,3-10,12-13H2,1-2H3. The predicted octanol–water partition coefficient (Wildman–Crippen LogP) is 2.65. The van der Waals surface area contributed by atoms with Crippen molar-refractivity contribution in [1.82, 2.24) is 19.8 Å². The molecule has 0 radical (unpaired) electrons. The van der Waals surface area contributed by atoms with Gasteiger partial charge >= 0.3 is 0 Å². The van der Waals surface area contributed by atoms with E-state index in [2.05, 4.69) is 33.6 Å². The van der Waals surface area contributed by atoms with Gasteiger partial charge < -0.3 is 9.88 Å². The number of hydrogen-bond acceptors (Lipinski definition) is 3. The molecule has 1 saturated heterocycles. The maximum Gasteiger partial charge on any atom is 0.0948 e. The van der Waals surface area contributed by atoms with Crippen LogP contribution in [0, 0.1) is 0 Å². The zero-order valence-corrected chi connectivity index (χ0v) is 13.1. The third kappa shape index (κ3) is 4.60. The van der Waals surface area contributed by atoms with Crippen LogP contribution < -0.4 is 5.32 Å². The molecule has 0 amide bonds. The van der Waals surface area contributed by atoms with E-state index in [9.17, 15) is 0 Å². The molecular formula is C16H30N4. The zero-order valence-electron chi connectivity index (χ0n) is 13.1. The van der Waals surface area contributed by atoms with Gasteiger partial charge in [-0.3, -0.25) is 4.90 Å². The molecule has 4 nitrogen and oxygen atoms in total. The summed E-state index contributed by atoms with van der Waals surface area (Å²) in [5.41, 5.74) is 1.36. The van der Waals surface area contributed by atoms with E-state index in [4.69, 9.17) is 0 Å². The number of piperidine rings is 1. The number of hydrogen-bond donors (Lipinski definition) is 1. The molecule has 4 heteroatoms. The van der Waals surface area contributed by atoms with Crippen LogP contribution in [-0.4, -0.2) is 40.1 Å². The summed E-state index contributed by atoms with van der Waals surface area (Å²) in [5, 5.41) is 3.66. The van der Waals surface area contributed by atoms with Crippen molar-refractivity contribution < 1.29 is 0 Å². The number of rotatable bonds is 8. The number of aryl methyl sites for hydroxylation is 1. The van der Waals surface area contributed by atoms with Crippen molar-refractivity contribution in [1.29, 1.82) is 0 Å². The number of imidazole rings is 1. The van der Waals surface area contributed by atoms with Crippen LogP contribution in [0.3, 0.4) is 0 Å². The number of aromatic nitrogens is 2. The molecule has 1 N–H and O–H groups in total. The first-order valence-electron chi connectivity index (χ1n) is 8.28. The highest BCUT2D eigenvalue weighted by molar-refractivity contribution is 4.98. The molecule has 1 atom stereocenters. The summed E-state index contributed by atoms with van der Waals surface area (Å²) in [6.45, 7) is 10.1. The minimum atomic E-state index is 0.679. The lowest BCUT2D eigenvalue weighted by Gasteiger charge is -2.30. The molecule has 0 aliphatic carbocycles. The molecule has 20 heavy (non-hydrogen) atoms. The van der Waals surface area contributed by atoms with Gasteiger partial charge in [-0.15, -0.1) is 0 Å². The molecule has 1 aromatic heterocycles. The van der Waals surface area contributed by atoms with Crippen LogP contribution >= 0.6 is 0 Å². The normalized spacial score (nSPS) is 19.6. The summed E-state index contributed by atoms with van der Waals surface area (Å²) in [5.74, 6) is 0. The zero-order chi connectivity index (χ0) is 14.2. The Morgan fingerprint density at radius 3 is 2.95 bits per heavy atom. The van der Waals surface area contributed by atoms with Gasteiger partial charge in [0.2, 0.25) is 0 Å². The second kappa shape index (κ2) is 8.42. The van der Waals surface area contributed by atoms with Crippen LogP contribution in [-0.2, 0) is 13.1 Å². The van der Waals surface area contributed by atoms with E-state index in [1.807, 2.05) is 12.5 Å². The monoisotopic (exact) mass is 278 g/mol. The summed E-state index contributed by atoms with van der Waals surface area (Å²) < 4.78 is 2.30. The lowest BCUT2D eigenvalue weighted by molar-refractivity contribution is 0.213. The van der Waals surface area contributed by atoms with Crippen molar-refractivity contribution in [3.8, 4) is 0 Å². The lowest BCUT2D eigenvalue weighted by Crippen LogP contribution is -2.43. The molecule has 0 saturated carbocycles. The first kappa shape index (κ1) is 15.5. The Kier molecular flexibility index (Phi) is 6.54. The highest BCUT2D eigenvalue weighted by Crippen LogP contribution is 2.12. The van der Waals surface area contributed by atoms with Crippen molar-refractivity contribution in [2.45, 2.75) is 65.1 Å². The third-order valence-electron chi connectivity index (χ3n) is 4.08. The van der Waals surface area contributed by atoms with Crippen molar-refractivity contribution in [2.75, 3.05) is 19.6 Å². The Morgan fingerprint density at radius 2 is 2.25 bits per heavy atom. The molecule has 1 aliphatic heterocycles. The quantitative estimate of drug-likeness (QED) is 0.793. The van der Waals surface area contributed by atoms with E-state index in [1.54, 1.807) is 0 Å². The largest absolute Gasteiger partial charge is 0.333 e. The third-order valence-corrected chi connectivity index (χ3v) is 4.08. The fraction of sp³-hybridized carbons (Fsp3) is 0.812. The molecule has 0 aromatic carbocycles. The molecule has 1 aliphatic rings. The van der Waals surface area contributed by atoms with Crippen molar-refractivity contribution in [2.24, 2.45) is 0 Å². The molecule has 1 unspecified atom stereocenters. The van der Waals surface area contributed by atoms with Crippen LogP contribution in [0.5, 0.6) is 0 Å². The molecule has 1 aromatic rings. The lowest BCUT2D eigenvalue weighted by atomic mass is 10.0. The molecule has 0 spiro atoms. The van der Waals surface area contributed by atoms with Gasteiger partial charge in [-0.25, -0.2) is 4.98 Å². The summed E-state index contributed by atoms with van der Waals surface area (Å²) in [4.78, 5) is 6.91. The molecule has 2 rings (SSSR count). The fourth-order valence-corrected chi connectivity index (χ4v) is 3.09. The van der Waals surface area contributed by atoms with E-state index in [0.29, 0.717) is 6.04 Å². The van der Waals surface area contributed by atoms with Gasteiger partial charge in [0.05, 0.1) is 12.0 Å². The minimum absolute atomic E-state index is 0.679. The van der Waals surface area contributed by atoms with Gasteiger partial charge in [-0.1, -0.05) is 20.3 Å². The highest BCUT2D eigenvalue weighted by Gasteiger charge is 2.17. The summed E-state index contributed by atoms with van der Waals surface area (Å²) in [6.07, 6.45) is 10.4. The second-order valence-corrected chi connectivity index (χ2v) is 5.96. The van der Waals surface area contributed by atoms with E-state index < -0.39 is 0 Å². The maximum absolute atomic E-state index is 4.32. The molecular weight excluding hydrogens is 248 g/mol. The highest BCUT2D eigenvalue weighted by atomic mass is 15.2. The smallest absolute Gasteiger partial charge is 0.0948 e. The molecule has 2 heterocycles. The van der Waals surface area contributed by atoms with Crippen molar-refractivity contribution in [3.05, 3.63) is 18.2 Å². The first-order chi connectivity index (χ1) is 9.83. The van der Waals surface area contributed by atoms with Gasteiger partial charge in [-0.05, 0) is 38.8 Å². The maximum atomic E-state index is 4.32. The first-order valence-corrected chi connectivity index (χ1v) is 8.28. The van der Waals surface area contributed by atoms with Crippen molar-refractivity contribution in [3.63, 3.8) is 0 Å². The van der Waals surface area contributed by atoms with Gasteiger partial charge in [0.15, 0.2) is 0 Å². The van der Waals surface area contributed by atoms with Gasteiger partial charge in [0, 0.05) is 31.9 Å². The Bertz CT molecular complexity index is 368. The van der Waals surface area contributed by atoms with Crippen LogP contribution in [0.1, 0.15) is 51.6 Å². The van der Waals surface area contributed by atoms with Gasteiger partial charge in [0.1, 0.15) is 0 Å². The van der Waals surface area contributed by atoms with Crippen LogP contribution in [0.15, 0.2) is 12.5 Å². The topological polar surface area (TPSA) is 33.1 Å². The molecule has 0 bridgehead atoms. The van der Waals surface area contributed by atoms with E-state index in [0.717, 1.165) is 13.1 Å². The summed E-state index contributed by atoms with van der Waals surface area (Å²) in [6, 6.07) is 0.679. The van der Waals surface area contributed by atoms with Crippen LogP contribution in [0.25, 0.3) is 0 Å². The molecule has 114 valence electrons. The Morgan fingerprint density at radius 1 is 1.35 bits per heavy atom. The SMILES string of the molecule is CCCN(Cc1cncn1CCC)CC1CCCCN1. The predicted molar refractivity (Wildman–Crippen MR) is 83.7 cm³/mol. The average Bonchev–Trinajstić information content (AvgIpc) is 2.88. The number of nitrogens with one attached hydrogen (secondary N) is 1.